The van der Waals surface area contributed by atoms with E-state index in [4.69, 9.17) is 0 Å². The van der Waals surface area contributed by atoms with Gasteiger partial charge in [0, 0.05) is 6.04 Å². The highest BCUT2D eigenvalue weighted by Crippen LogP contribution is 2.01. The number of likely N-dealkylation sites (N-methyl/N-ethyl adjacent to an activating group) is 1. The van der Waals surface area contributed by atoms with E-state index in [1.165, 1.54) is 5.56 Å². The second-order valence-electron chi connectivity index (χ2n) is 2.88. The van der Waals surface area contributed by atoms with Crippen LogP contribution in [0, 0.1) is 0 Å². The van der Waals surface area contributed by atoms with Gasteiger partial charge in [0.2, 0.25) is 0 Å². The first-order valence-corrected chi connectivity index (χ1v) is 6.04. The van der Waals surface area contributed by atoms with Crippen molar-refractivity contribution in [2.45, 2.75) is 47.1 Å². The van der Waals surface area contributed by atoms with E-state index in [0.29, 0.717) is 6.04 Å². The van der Waals surface area contributed by atoms with Gasteiger partial charge in [-0.2, -0.15) is 0 Å². The molecule has 0 aliphatic carbocycles. The highest BCUT2D eigenvalue weighted by atomic mass is 14.8. The number of rotatable bonds is 3. The maximum atomic E-state index is 3.21. The molecule has 1 rings (SSSR count). The molecule has 0 radical (unpaired) electrons. The highest BCUT2D eigenvalue weighted by Gasteiger charge is 1.97. The number of benzene rings is 1. The molecule has 1 nitrogen and oxygen atoms in total. The Kier molecular flexibility index (Phi) is 14.6. The zero-order chi connectivity index (χ0) is 12.1. The summed E-state index contributed by atoms with van der Waals surface area (Å²) in [6.45, 7) is 10.2. The summed E-state index contributed by atoms with van der Waals surface area (Å²) >= 11 is 0. The number of nitrogens with one attached hydrogen (secondary N) is 1. The van der Waals surface area contributed by atoms with E-state index in [1.807, 2.05) is 40.8 Å². The lowest BCUT2D eigenvalue weighted by atomic mass is 10.1. The van der Waals surface area contributed by atoms with Crippen molar-refractivity contribution in [2.24, 2.45) is 0 Å². The summed E-state index contributed by atoms with van der Waals surface area (Å²) in [7, 11) is 1.99. The molecule has 1 unspecified atom stereocenters. The second-order valence-corrected chi connectivity index (χ2v) is 2.88. The van der Waals surface area contributed by atoms with E-state index in [-0.39, 0.29) is 0 Å². The van der Waals surface area contributed by atoms with Crippen LogP contribution in [0.25, 0.3) is 0 Å². The molecule has 0 aliphatic heterocycles. The Balaban J connectivity index is 0. The Hall–Kier alpha value is -0.820. The van der Waals surface area contributed by atoms with Crippen LogP contribution >= 0.6 is 0 Å². The molecule has 1 aromatic rings. The third kappa shape index (κ3) is 9.48. The van der Waals surface area contributed by atoms with Gasteiger partial charge in [-0.3, -0.25) is 0 Å². The second kappa shape index (κ2) is 13.2. The van der Waals surface area contributed by atoms with Crippen LogP contribution in [0.3, 0.4) is 0 Å². The van der Waals surface area contributed by atoms with Crippen LogP contribution in [0.1, 0.15) is 40.2 Å². The van der Waals surface area contributed by atoms with E-state index in [9.17, 15) is 0 Å². The van der Waals surface area contributed by atoms with E-state index < -0.39 is 0 Å². The summed E-state index contributed by atoms with van der Waals surface area (Å²) in [4.78, 5) is 0. The number of hydrogen-bond donors (Lipinski definition) is 1. The lowest BCUT2D eigenvalue weighted by Gasteiger charge is -2.08. The lowest BCUT2D eigenvalue weighted by Crippen LogP contribution is -2.23. The predicted molar refractivity (Wildman–Crippen MR) is 71.4 cm³/mol. The largest absolute Gasteiger partial charge is 0.317 e. The van der Waals surface area contributed by atoms with Crippen molar-refractivity contribution < 1.29 is 0 Å². The molecule has 0 saturated carbocycles. The lowest BCUT2D eigenvalue weighted by molar-refractivity contribution is 0.608. The molecule has 1 N–H and O–H groups in total. The van der Waals surface area contributed by atoms with Crippen LogP contribution < -0.4 is 5.32 Å². The van der Waals surface area contributed by atoms with Gasteiger partial charge in [0.25, 0.3) is 0 Å². The quantitative estimate of drug-likeness (QED) is 0.796. The zero-order valence-electron chi connectivity index (χ0n) is 11.2. The summed E-state index contributed by atoms with van der Waals surface area (Å²) in [6.07, 6.45) is 1.11. The Morgan fingerprint density at radius 2 is 1.47 bits per heavy atom. The molecule has 0 spiro atoms. The van der Waals surface area contributed by atoms with E-state index in [2.05, 4.69) is 36.5 Å². The minimum absolute atomic E-state index is 0.567. The van der Waals surface area contributed by atoms with Crippen LogP contribution in [-0.4, -0.2) is 13.1 Å². The van der Waals surface area contributed by atoms with Crippen molar-refractivity contribution in [1.29, 1.82) is 0 Å². The molecule has 0 heterocycles. The molecule has 0 saturated heterocycles. The van der Waals surface area contributed by atoms with Gasteiger partial charge in [-0.05, 0) is 26.0 Å². The van der Waals surface area contributed by atoms with Crippen LogP contribution in [0.15, 0.2) is 30.3 Å². The third-order valence-electron chi connectivity index (χ3n) is 1.88. The average Bonchev–Trinajstić information content (AvgIpc) is 2.35. The standard InChI is InChI=1S/C10H15N.2C2H6/c1-9(11-2)8-10-6-4-3-5-7-10;2*1-2/h3-7,9,11H,8H2,1-2H3;2*1-2H3. The molecular weight excluding hydrogens is 182 g/mol. The van der Waals surface area contributed by atoms with Gasteiger partial charge in [0.1, 0.15) is 0 Å². The molecule has 1 heteroatoms. The summed E-state index contributed by atoms with van der Waals surface area (Å²) in [5, 5.41) is 3.21. The highest BCUT2D eigenvalue weighted by molar-refractivity contribution is 5.15. The van der Waals surface area contributed by atoms with Gasteiger partial charge in [-0.25, -0.2) is 0 Å². The normalized spacial score (nSPS) is 10.3. The maximum Gasteiger partial charge on any atom is 0.00761 e. The van der Waals surface area contributed by atoms with Gasteiger partial charge < -0.3 is 5.32 Å². The van der Waals surface area contributed by atoms with Crippen molar-refractivity contribution >= 4 is 0 Å². The van der Waals surface area contributed by atoms with Crippen molar-refractivity contribution in [3.05, 3.63) is 35.9 Å². The Bertz CT molecular complexity index is 194. The van der Waals surface area contributed by atoms with Crippen LogP contribution in [0.4, 0.5) is 0 Å². The van der Waals surface area contributed by atoms with Crippen LogP contribution in [-0.2, 0) is 6.42 Å². The Morgan fingerprint density at radius 3 is 1.87 bits per heavy atom. The first kappa shape index (κ1) is 16.6. The van der Waals surface area contributed by atoms with Crippen LogP contribution in [0.2, 0.25) is 0 Å². The maximum absolute atomic E-state index is 3.21. The van der Waals surface area contributed by atoms with Gasteiger partial charge in [0.15, 0.2) is 0 Å². The van der Waals surface area contributed by atoms with E-state index in [0.717, 1.165) is 6.42 Å². The fraction of sp³-hybridized carbons (Fsp3) is 0.571. The molecule has 88 valence electrons. The molecule has 0 fully saturated rings. The third-order valence-corrected chi connectivity index (χ3v) is 1.88. The first-order chi connectivity index (χ1) is 7.33. The molecule has 0 aliphatic rings. The topological polar surface area (TPSA) is 12.0 Å². The Morgan fingerprint density at radius 1 is 1.00 bits per heavy atom. The molecule has 1 atom stereocenters. The summed E-state index contributed by atoms with van der Waals surface area (Å²) in [6, 6.07) is 11.1. The van der Waals surface area contributed by atoms with Crippen LogP contribution in [0.5, 0.6) is 0 Å². The van der Waals surface area contributed by atoms with Gasteiger partial charge >= 0.3 is 0 Å². The van der Waals surface area contributed by atoms with E-state index in [1.54, 1.807) is 0 Å². The zero-order valence-corrected chi connectivity index (χ0v) is 11.2. The molecule has 1 aromatic carbocycles. The molecular formula is C14H27N. The monoisotopic (exact) mass is 209 g/mol. The van der Waals surface area contributed by atoms with E-state index >= 15 is 0 Å². The molecule has 0 aromatic heterocycles. The van der Waals surface area contributed by atoms with Gasteiger partial charge in [-0.15, -0.1) is 0 Å². The smallest absolute Gasteiger partial charge is 0.00761 e. The fourth-order valence-corrected chi connectivity index (χ4v) is 1.07. The van der Waals surface area contributed by atoms with Crippen molar-refractivity contribution in [3.63, 3.8) is 0 Å². The minimum atomic E-state index is 0.567. The first-order valence-electron chi connectivity index (χ1n) is 6.04. The fourth-order valence-electron chi connectivity index (χ4n) is 1.07. The van der Waals surface area contributed by atoms with Gasteiger partial charge in [-0.1, -0.05) is 58.0 Å². The summed E-state index contributed by atoms with van der Waals surface area (Å²) < 4.78 is 0. The molecule has 15 heavy (non-hydrogen) atoms. The Labute approximate surface area is 95.9 Å². The minimum Gasteiger partial charge on any atom is -0.317 e. The van der Waals surface area contributed by atoms with Crippen molar-refractivity contribution in [2.75, 3.05) is 7.05 Å². The number of hydrogen-bond acceptors (Lipinski definition) is 1. The predicted octanol–water partition coefficient (Wildman–Crippen LogP) is 3.89. The van der Waals surface area contributed by atoms with Crippen molar-refractivity contribution in [3.8, 4) is 0 Å². The molecule has 0 bridgehead atoms. The van der Waals surface area contributed by atoms with Gasteiger partial charge in [0.05, 0.1) is 0 Å². The summed E-state index contributed by atoms with van der Waals surface area (Å²) in [5.41, 5.74) is 1.40. The SMILES string of the molecule is CC.CC.CNC(C)Cc1ccccc1. The average molecular weight is 209 g/mol. The van der Waals surface area contributed by atoms with Crippen molar-refractivity contribution in [1.82, 2.24) is 5.32 Å². The summed E-state index contributed by atoms with van der Waals surface area (Å²) in [5.74, 6) is 0. The molecule has 0 amide bonds.